The maximum atomic E-state index is 14.0. The van der Waals surface area contributed by atoms with E-state index < -0.39 is 15.8 Å². The normalized spacial score (nSPS) is 17.7. The van der Waals surface area contributed by atoms with E-state index in [9.17, 15) is 17.6 Å². The van der Waals surface area contributed by atoms with Crippen molar-refractivity contribution in [2.24, 2.45) is 5.92 Å². The molecule has 2 aliphatic heterocycles. The molecule has 1 saturated heterocycles. The fourth-order valence-electron chi connectivity index (χ4n) is 3.67. The predicted octanol–water partition coefficient (Wildman–Crippen LogP) is 3.68. The summed E-state index contributed by atoms with van der Waals surface area (Å²) in [5, 5.41) is 3.14. The summed E-state index contributed by atoms with van der Waals surface area (Å²) in [4.78, 5) is 12.4. The van der Waals surface area contributed by atoms with Crippen LogP contribution in [0.3, 0.4) is 0 Å². The van der Waals surface area contributed by atoms with Gasteiger partial charge in [-0.15, -0.1) is 0 Å². The molecule has 2 aromatic carbocycles. The van der Waals surface area contributed by atoms with Gasteiger partial charge in [0.1, 0.15) is 10.7 Å². The lowest BCUT2D eigenvalue weighted by Gasteiger charge is -2.30. The van der Waals surface area contributed by atoms with Gasteiger partial charge in [-0.1, -0.05) is 23.7 Å². The van der Waals surface area contributed by atoms with Gasteiger partial charge < -0.3 is 14.8 Å². The number of piperidine rings is 1. The van der Waals surface area contributed by atoms with Gasteiger partial charge in [0.15, 0.2) is 11.5 Å². The molecule has 0 radical (unpaired) electrons. The largest absolute Gasteiger partial charge is 0.490 e. The number of benzene rings is 2. The molecule has 2 heterocycles. The summed E-state index contributed by atoms with van der Waals surface area (Å²) in [6.07, 6.45) is 1.39. The number of ether oxygens (including phenoxy) is 2. The summed E-state index contributed by atoms with van der Waals surface area (Å²) in [5.41, 5.74) is 0.414. The summed E-state index contributed by atoms with van der Waals surface area (Å²) in [6, 6.07) is 8.53. The summed E-state index contributed by atoms with van der Waals surface area (Å²) < 4.78 is 51.9. The second-order valence-corrected chi connectivity index (χ2v) is 9.74. The minimum Gasteiger partial charge on any atom is -0.490 e. The van der Waals surface area contributed by atoms with Crippen molar-refractivity contribution in [1.29, 1.82) is 0 Å². The van der Waals surface area contributed by atoms with Crippen LogP contribution in [0.4, 0.5) is 10.1 Å². The highest BCUT2D eigenvalue weighted by molar-refractivity contribution is 7.89. The Balaban J connectivity index is 1.41. The van der Waals surface area contributed by atoms with E-state index in [1.807, 2.05) is 0 Å². The van der Waals surface area contributed by atoms with Crippen LogP contribution in [0, 0.1) is 11.7 Å². The van der Waals surface area contributed by atoms with Crippen molar-refractivity contribution < 1.29 is 27.1 Å². The van der Waals surface area contributed by atoms with Gasteiger partial charge in [-0.2, -0.15) is 4.31 Å². The van der Waals surface area contributed by atoms with Gasteiger partial charge in [0, 0.05) is 37.6 Å². The Kier molecular flexibility index (Phi) is 6.36. The number of hydrogen-bond donors (Lipinski definition) is 1. The molecule has 31 heavy (non-hydrogen) atoms. The molecule has 1 fully saturated rings. The lowest BCUT2D eigenvalue weighted by Crippen LogP contribution is -2.41. The first kappa shape index (κ1) is 21.9. The highest BCUT2D eigenvalue weighted by Gasteiger charge is 2.33. The molecule has 166 valence electrons. The van der Waals surface area contributed by atoms with Crippen LogP contribution in [0.1, 0.15) is 19.3 Å². The number of anilines is 1. The zero-order valence-corrected chi connectivity index (χ0v) is 18.2. The molecular weight excluding hydrogens is 447 g/mol. The van der Waals surface area contributed by atoms with Gasteiger partial charge in [0.2, 0.25) is 15.9 Å². The summed E-state index contributed by atoms with van der Waals surface area (Å²) in [6.45, 7) is 1.30. The summed E-state index contributed by atoms with van der Waals surface area (Å²) in [7, 11) is -3.95. The van der Waals surface area contributed by atoms with Gasteiger partial charge >= 0.3 is 0 Å². The maximum Gasteiger partial charge on any atom is 0.245 e. The van der Waals surface area contributed by atoms with E-state index in [-0.39, 0.29) is 29.8 Å². The van der Waals surface area contributed by atoms with E-state index in [1.165, 1.54) is 22.5 Å². The number of nitrogens with one attached hydrogen (secondary N) is 1. The number of carbonyl (C=O) groups excluding carboxylic acids is 1. The Morgan fingerprint density at radius 2 is 1.74 bits per heavy atom. The zero-order valence-electron chi connectivity index (χ0n) is 16.6. The molecule has 0 bridgehead atoms. The quantitative estimate of drug-likeness (QED) is 0.739. The van der Waals surface area contributed by atoms with E-state index >= 15 is 0 Å². The fourth-order valence-corrected chi connectivity index (χ4v) is 5.40. The minimum absolute atomic E-state index is 0.129. The number of amides is 1. The second-order valence-electron chi connectivity index (χ2n) is 7.43. The van der Waals surface area contributed by atoms with Crippen LogP contribution in [-0.4, -0.2) is 44.9 Å². The van der Waals surface area contributed by atoms with Gasteiger partial charge in [-0.3, -0.25) is 4.79 Å². The Morgan fingerprint density at radius 1 is 1.10 bits per heavy atom. The first-order valence-corrected chi connectivity index (χ1v) is 11.8. The van der Waals surface area contributed by atoms with Crippen LogP contribution in [0.5, 0.6) is 11.5 Å². The van der Waals surface area contributed by atoms with Crippen LogP contribution in [-0.2, 0) is 14.8 Å². The van der Waals surface area contributed by atoms with Crippen LogP contribution >= 0.6 is 11.6 Å². The minimum atomic E-state index is -3.95. The molecule has 0 saturated carbocycles. The van der Waals surface area contributed by atoms with E-state index in [0.717, 1.165) is 12.5 Å². The molecule has 0 spiro atoms. The first-order chi connectivity index (χ1) is 14.9. The molecule has 2 aliphatic rings. The number of fused-ring (bicyclic) bond motifs is 1. The zero-order chi connectivity index (χ0) is 22.0. The molecule has 0 unspecified atom stereocenters. The van der Waals surface area contributed by atoms with Crippen molar-refractivity contribution in [1.82, 2.24) is 4.31 Å². The average Bonchev–Trinajstić information content (AvgIpc) is 2.99. The number of carbonyl (C=O) groups is 1. The van der Waals surface area contributed by atoms with Crippen molar-refractivity contribution in [3.8, 4) is 11.5 Å². The summed E-state index contributed by atoms with van der Waals surface area (Å²) >= 11 is 6.29. The molecule has 1 amide bonds. The fraction of sp³-hybridized carbons (Fsp3) is 0.381. The molecule has 10 heteroatoms. The Labute approximate surface area is 185 Å². The third-order valence-corrected chi connectivity index (χ3v) is 7.62. The standard InChI is InChI=1S/C21H22ClFN2O5S/c22-15-12-18-19(30-11-3-10-29-18)13-17(15)24-21(26)14-6-8-25(9-7-14)31(27,28)20-5-2-1-4-16(20)23/h1-2,4-5,12-14H,3,6-11H2,(H,24,26). The second kappa shape index (κ2) is 9.02. The molecule has 1 N–H and O–H groups in total. The van der Waals surface area contributed by atoms with Crippen LogP contribution in [0.2, 0.25) is 5.02 Å². The Hall–Kier alpha value is -2.36. The first-order valence-electron chi connectivity index (χ1n) is 10.0. The number of hydrogen-bond acceptors (Lipinski definition) is 5. The average molecular weight is 469 g/mol. The van der Waals surface area contributed by atoms with Crippen LogP contribution in [0.15, 0.2) is 41.3 Å². The molecule has 0 aromatic heterocycles. The van der Waals surface area contributed by atoms with Gasteiger partial charge in [-0.25, -0.2) is 12.8 Å². The van der Waals surface area contributed by atoms with Crippen molar-refractivity contribution in [2.45, 2.75) is 24.2 Å². The maximum absolute atomic E-state index is 14.0. The van der Waals surface area contributed by atoms with Crippen molar-refractivity contribution in [2.75, 3.05) is 31.6 Å². The smallest absolute Gasteiger partial charge is 0.245 e. The predicted molar refractivity (Wildman–Crippen MR) is 114 cm³/mol. The molecule has 7 nitrogen and oxygen atoms in total. The van der Waals surface area contributed by atoms with Crippen molar-refractivity contribution >= 4 is 33.2 Å². The van der Waals surface area contributed by atoms with E-state index in [1.54, 1.807) is 12.1 Å². The SMILES string of the molecule is O=C(Nc1cc2c(cc1Cl)OCCCO2)C1CCN(S(=O)(=O)c2ccccc2F)CC1. The van der Waals surface area contributed by atoms with Crippen molar-refractivity contribution in [3.63, 3.8) is 0 Å². The third-order valence-electron chi connectivity index (χ3n) is 5.37. The van der Waals surface area contributed by atoms with E-state index in [4.69, 9.17) is 21.1 Å². The Bertz CT molecular complexity index is 1090. The number of nitrogens with zero attached hydrogens (tertiary/aromatic N) is 1. The van der Waals surface area contributed by atoms with E-state index in [0.29, 0.717) is 48.3 Å². The monoisotopic (exact) mass is 468 g/mol. The van der Waals surface area contributed by atoms with Crippen molar-refractivity contribution in [3.05, 3.63) is 47.2 Å². The summed E-state index contributed by atoms with van der Waals surface area (Å²) in [5.74, 6) is -0.375. The number of halogens is 2. The highest BCUT2D eigenvalue weighted by Crippen LogP contribution is 2.38. The van der Waals surface area contributed by atoms with Gasteiger partial charge in [0.25, 0.3) is 0 Å². The van der Waals surface area contributed by atoms with Gasteiger partial charge in [0.05, 0.1) is 23.9 Å². The highest BCUT2D eigenvalue weighted by atomic mass is 35.5. The molecular formula is C21H22ClFN2O5S. The number of sulfonamides is 1. The third kappa shape index (κ3) is 4.63. The van der Waals surface area contributed by atoms with E-state index in [2.05, 4.69) is 5.32 Å². The van der Waals surface area contributed by atoms with Crippen LogP contribution in [0.25, 0.3) is 0 Å². The topological polar surface area (TPSA) is 84.9 Å². The molecule has 0 aliphatic carbocycles. The lowest BCUT2D eigenvalue weighted by molar-refractivity contribution is -0.120. The lowest BCUT2D eigenvalue weighted by atomic mass is 9.97. The molecule has 2 aromatic rings. The van der Waals surface area contributed by atoms with Crippen LogP contribution < -0.4 is 14.8 Å². The van der Waals surface area contributed by atoms with Gasteiger partial charge in [-0.05, 0) is 25.0 Å². The number of rotatable bonds is 4. The molecule has 0 atom stereocenters. The Morgan fingerprint density at radius 3 is 2.42 bits per heavy atom. The molecule has 4 rings (SSSR count).